The van der Waals surface area contributed by atoms with Crippen LogP contribution in [0.1, 0.15) is 67.6 Å². The second-order valence-electron chi connectivity index (χ2n) is 7.96. The average Bonchev–Trinajstić information content (AvgIpc) is 2.92. The molecular formula is C24H30AuClN2-2. The van der Waals surface area contributed by atoms with E-state index in [9.17, 15) is 0 Å². The van der Waals surface area contributed by atoms with Gasteiger partial charge in [0.2, 0.25) is 0 Å². The van der Waals surface area contributed by atoms with Crippen molar-refractivity contribution in [2.75, 3.05) is 0 Å². The summed E-state index contributed by atoms with van der Waals surface area (Å²) in [5.74, 6) is 0.913. The molecule has 156 valence electrons. The summed E-state index contributed by atoms with van der Waals surface area (Å²) < 4.78 is 6.12. The van der Waals surface area contributed by atoms with E-state index in [0.717, 1.165) is 6.54 Å². The first kappa shape index (κ1) is 21.4. The van der Waals surface area contributed by atoms with Gasteiger partial charge in [-0.3, -0.25) is 0 Å². The van der Waals surface area contributed by atoms with Crippen molar-refractivity contribution in [3.63, 3.8) is 0 Å². The standard InChI is InChI=1S/C24H30N2.Au.ClH/c1-17(2)22-13-10-14-23(18(3)4)24(22)26-16-25(19(5)20(26)6)15-21-11-8-7-9-12-21;;/h7-14,17-18H,15H2,1-6H3;;1H/q;-1;/p-1. The van der Waals surface area contributed by atoms with Crippen molar-refractivity contribution in [3.8, 4) is 5.69 Å². The number of para-hydroxylation sites is 1. The number of benzene rings is 2. The predicted octanol–water partition coefficient (Wildman–Crippen LogP) is 6.96. The third kappa shape index (κ3) is 4.02. The van der Waals surface area contributed by atoms with Gasteiger partial charge in [0.15, 0.2) is 0 Å². The zero-order valence-electron chi connectivity index (χ0n) is 17.6. The van der Waals surface area contributed by atoms with E-state index >= 15 is 0 Å². The summed E-state index contributed by atoms with van der Waals surface area (Å²) in [4.78, 5) is 0. The molecule has 0 amide bonds. The molecule has 0 aliphatic heterocycles. The van der Waals surface area contributed by atoms with Crippen LogP contribution < -0.4 is 0 Å². The Morgan fingerprint density at radius 3 is 1.89 bits per heavy atom. The molecule has 2 aromatic carbocycles. The van der Waals surface area contributed by atoms with Gasteiger partial charge in [-0.1, -0.05) is 0 Å². The van der Waals surface area contributed by atoms with Crippen LogP contribution in [0.25, 0.3) is 5.69 Å². The third-order valence-corrected chi connectivity index (χ3v) is 7.70. The van der Waals surface area contributed by atoms with Crippen molar-refractivity contribution in [1.29, 1.82) is 0 Å². The molecule has 0 saturated heterocycles. The van der Waals surface area contributed by atoms with Crippen molar-refractivity contribution >= 4 is 9.19 Å². The molecule has 2 nitrogen and oxygen atoms in total. The zero-order chi connectivity index (χ0) is 20.4. The van der Waals surface area contributed by atoms with Gasteiger partial charge >= 0.3 is 182 Å². The molecular weight excluding hydrogens is 549 g/mol. The minimum absolute atomic E-state index is 0.457. The van der Waals surface area contributed by atoms with Gasteiger partial charge in [0.25, 0.3) is 0 Å². The van der Waals surface area contributed by atoms with Crippen LogP contribution in [0.15, 0.2) is 48.5 Å². The van der Waals surface area contributed by atoms with E-state index in [1.807, 2.05) is 0 Å². The molecule has 28 heavy (non-hydrogen) atoms. The van der Waals surface area contributed by atoms with E-state index in [1.54, 1.807) is 0 Å². The van der Waals surface area contributed by atoms with Gasteiger partial charge < -0.3 is 0 Å². The van der Waals surface area contributed by atoms with E-state index in [1.165, 1.54) is 37.4 Å². The predicted molar refractivity (Wildman–Crippen MR) is 116 cm³/mol. The van der Waals surface area contributed by atoms with Gasteiger partial charge in [0.05, 0.1) is 0 Å². The van der Waals surface area contributed by atoms with Gasteiger partial charge in [-0.2, -0.15) is 0 Å². The van der Waals surface area contributed by atoms with Crippen LogP contribution in [-0.4, -0.2) is 9.13 Å². The molecule has 3 aromatic rings. The second-order valence-corrected chi connectivity index (χ2v) is 10.3. The second kappa shape index (κ2) is 9.00. The summed E-state index contributed by atoms with van der Waals surface area (Å²) in [5, 5.41) is 0. The monoisotopic (exact) mass is 578 g/mol. The summed E-state index contributed by atoms with van der Waals surface area (Å²) in [5.41, 5.74) is 8.02. The van der Waals surface area contributed by atoms with Gasteiger partial charge in [-0.25, -0.2) is 0 Å². The van der Waals surface area contributed by atoms with Crippen molar-refractivity contribution in [2.45, 2.75) is 59.9 Å². The van der Waals surface area contributed by atoms with Crippen LogP contribution in [0.3, 0.4) is 0 Å². The molecule has 0 aliphatic rings. The van der Waals surface area contributed by atoms with Crippen molar-refractivity contribution in [3.05, 3.63) is 80.2 Å². The van der Waals surface area contributed by atoms with Gasteiger partial charge in [0.1, 0.15) is 0 Å². The normalized spacial score (nSPS) is 13.0. The number of hydrogen-bond donors (Lipinski definition) is 0. The zero-order valence-corrected chi connectivity index (χ0v) is 20.5. The molecule has 0 atom stereocenters. The van der Waals surface area contributed by atoms with E-state index in [4.69, 9.17) is 9.19 Å². The molecule has 0 bridgehead atoms. The van der Waals surface area contributed by atoms with E-state index in [0.29, 0.717) is 11.8 Å². The Hall–Kier alpha value is -1.32. The Morgan fingerprint density at radius 1 is 0.821 bits per heavy atom. The van der Waals surface area contributed by atoms with Crippen LogP contribution in [0.5, 0.6) is 0 Å². The van der Waals surface area contributed by atoms with E-state index < -0.39 is 18.2 Å². The first-order valence-electron chi connectivity index (χ1n) is 9.84. The molecule has 0 unspecified atom stereocenters. The summed E-state index contributed by atoms with van der Waals surface area (Å²) in [7, 11) is 6.66. The summed E-state index contributed by atoms with van der Waals surface area (Å²) >= 11 is -0.494. The number of aromatic nitrogens is 2. The van der Waals surface area contributed by atoms with Crippen LogP contribution in [0.2, 0.25) is 0 Å². The first-order chi connectivity index (χ1) is 13.4. The fourth-order valence-electron chi connectivity index (χ4n) is 3.75. The molecule has 4 heteroatoms. The van der Waals surface area contributed by atoms with Crippen molar-refractivity contribution in [2.24, 2.45) is 0 Å². The number of nitrogens with zero attached hydrogens (tertiary/aromatic N) is 2. The molecule has 0 aliphatic carbocycles. The molecule has 1 heterocycles. The summed E-state index contributed by atoms with van der Waals surface area (Å²) in [6, 6.07) is 17.4. The molecule has 0 fully saturated rings. The molecule has 3 rings (SSSR count). The minimum atomic E-state index is -0.494. The summed E-state index contributed by atoms with van der Waals surface area (Å²) in [6.45, 7) is 14.4. The van der Waals surface area contributed by atoms with E-state index in [2.05, 4.69) is 99.2 Å². The SMILES string of the molecule is Cc1c(C)n(-c2c(C(C)C)cccc2C(C)C)[c](=[Au-2][Cl])n1Cc1ccccc1. The third-order valence-electron chi connectivity index (χ3n) is 5.43. The van der Waals surface area contributed by atoms with Crippen LogP contribution in [-0.2, 0) is 24.8 Å². The molecule has 0 radical (unpaired) electrons. The van der Waals surface area contributed by atoms with Crippen LogP contribution in [0, 0.1) is 17.5 Å². The summed E-state index contributed by atoms with van der Waals surface area (Å²) in [6.07, 6.45) is 0. The Labute approximate surface area is 181 Å². The fourth-order valence-corrected chi connectivity index (χ4v) is 6.22. The fraction of sp³-hybridized carbons (Fsp3) is 0.375. The number of hydrogen-bond acceptors (Lipinski definition) is 0. The number of rotatable bonds is 5. The first-order valence-corrected chi connectivity index (χ1v) is 13.6. The molecule has 0 N–H and O–H groups in total. The topological polar surface area (TPSA) is 9.86 Å². The van der Waals surface area contributed by atoms with Crippen LogP contribution in [0.4, 0.5) is 0 Å². The van der Waals surface area contributed by atoms with Crippen molar-refractivity contribution < 1.29 is 18.2 Å². The van der Waals surface area contributed by atoms with Crippen LogP contribution >= 0.6 is 9.19 Å². The van der Waals surface area contributed by atoms with E-state index in [-0.39, 0.29) is 0 Å². The Morgan fingerprint density at radius 2 is 1.39 bits per heavy atom. The quantitative estimate of drug-likeness (QED) is 0.290. The number of imidazole rings is 1. The molecule has 0 saturated carbocycles. The Balaban J connectivity index is 2.32. The number of halogens is 1. The van der Waals surface area contributed by atoms with Gasteiger partial charge in [0, 0.05) is 0 Å². The Bertz CT molecular complexity index is 1000. The Kier molecular flexibility index (Phi) is 6.88. The molecule has 0 spiro atoms. The maximum absolute atomic E-state index is 6.66. The maximum atomic E-state index is 6.66. The van der Waals surface area contributed by atoms with Crippen molar-refractivity contribution in [1.82, 2.24) is 9.13 Å². The average molecular weight is 579 g/mol. The van der Waals surface area contributed by atoms with Gasteiger partial charge in [-0.15, -0.1) is 0 Å². The van der Waals surface area contributed by atoms with Gasteiger partial charge in [-0.05, 0) is 0 Å². The molecule has 1 aromatic heterocycles.